The molecule has 3 nitrogen and oxygen atoms in total. The molecule has 1 heterocycles. The Hall–Kier alpha value is -1.77. The van der Waals surface area contributed by atoms with E-state index in [1.54, 1.807) is 0 Å². The van der Waals surface area contributed by atoms with E-state index in [4.69, 9.17) is 0 Å². The summed E-state index contributed by atoms with van der Waals surface area (Å²) >= 11 is 0. The molecule has 2 aromatic rings. The number of nitrogens with zero attached hydrogens (tertiary/aromatic N) is 2. The smallest absolute Gasteiger partial charge is 0.0828 e. The van der Waals surface area contributed by atoms with Crippen LogP contribution in [0.25, 0.3) is 0 Å². The molecule has 1 N–H and O–H groups in total. The molecule has 0 aliphatic heterocycles. The average molecular weight is 257 g/mol. The average Bonchev–Trinajstić information content (AvgIpc) is 2.65. The van der Waals surface area contributed by atoms with Gasteiger partial charge >= 0.3 is 0 Å². The molecule has 0 bridgehead atoms. The first-order valence-corrected chi connectivity index (χ1v) is 6.84. The Bertz CT molecular complexity index is 550. The number of benzene rings is 1. The molecule has 0 saturated carbocycles. The van der Waals surface area contributed by atoms with Crippen LogP contribution in [0.2, 0.25) is 0 Å². The van der Waals surface area contributed by atoms with E-state index < -0.39 is 0 Å². The fourth-order valence-corrected chi connectivity index (χ4v) is 2.32. The quantitative estimate of drug-likeness (QED) is 0.897. The molecule has 0 amide bonds. The van der Waals surface area contributed by atoms with Gasteiger partial charge in [0.05, 0.1) is 17.1 Å². The summed E-state index contributed by atoms with van der Waals surface area (Å²) < 4.78 is 2.08. The number of rotatable bonds is 4. The van der Waals surface area contributed by atoms with Crippen molar-refractivity contribution in [1.82, 2.24) is 9.78 Å². The summed E-state index contributed by atoms with van der Waals surface area (Å²) in [5.41, 5.74) is 6.03. The summed E-state index contributed by atoms with van der Waals surface area (Å²) in [6.45, 7) is 11.4. The van der Waals surface area contributed by atoms with Crippen molar-refractivity contribution in [2.75, 3.05) is 5.32 Å². The number of anilines is 1. The van der Waals surface area contributed by atoms with Gasteiger partial charge in [-0.15, -0.1) is 0 Å². The van der Waals surface area contributed by atoms with Crippen molar-refractivity contribution in [1.29, 1.82) is 0 Å². The fourth-order valence-electron chi connectivity index (χ4n) is 2.32. The largest absolute Gasteiger partial charge is 0.378 e. The molecule has 0 spiro atoms. The van der Waals surface area contributed by atoms with E-state index in [2.05, 4.69) is 74.0 Å². The van der Waals surface area contributed by atoms with E-state index in [0.29, 0.717) is 6.04 Å². The number of hydrogen-bond donors (Lipinski definition) is 1. The zero-order chi connectivity index (χ0) is 14.0. The van der Waals surface area contributed by atoms with Crippen LogP contribution in [0, 0.1) is 20.8 Å². The van der Waals surface area contributed by atoms with E-state index in [-0.39, 0.29) is 0 Å². The van der Waals surface area contributed by atoms with Crippen molar-refractivity contribution in [3.63, 3.8) is 0 Å². The van der Waals surface area contributed by atoms with Crippen LogP contribution < -0.4 is 5.32 Å². The molecule has 1 aromatic carbocycles. The summed E-state index contributed by atoms with van der Waals surface area (Å²) in [7, 11) is 0. The summed E-state index contributed by atoms with van der Waals surface area (Å²) in [4.78, 5) is 0. The Labute approximate surface area is 115 Å². The maximum Gasteiger partial charge on any atom is 0.0828 e. The van der Waals surface area contributed by atoms with Crippen LogP contribution in [0.5, 0.6) is 0 Å². The first kappa shape index (κ1) is 13.7. The Kier molecular flexibility index (Phi) is 3.93. The van der Waals surface area contributed by atoms with E-state index >= 15 is 0 Å². The van der Waals surface area contributed by atoms with Crippen molar-refractivity contribution in [2.45, 2.75) is 47.2 Å². The zero-order valence-electron chi connectivity index (χ0n) is 12.5. The second-order valence-electron chi connectivity index (χ2n) is 5.42. The van der Waals surface area contributed by atoms with E-state index in [9.17, 15) is 0 Å². The number of aromatic nitrogens is 2. The van der Waals surface area contributed by atoms with Crippen LogP contribution in [-0.2, 0) is 6.54 Å². The lowest BCUT2D eigenvalue weighted by Gasteiger charge is -2.10. The van der Waals surface area contributed by atoms with Crippen molar-refractivity contribution < 1.29 is 0 Å². The molecule has 0 atom stereocenters. The molecule has 102 valence electrons. The van der Waals surface area contributed by atoms with Gasteiger partial charge in [0.2, 0.25) is 0 Å². The van der Waals surface area contributed by atoms with Gasteiger partial charge in [0, 0.05) is 12.6 Å². The van der Waals surface area contributed by atoms with Crippen molar-refractivity contribution in [2.24, 2.45) is 0 Å². The van der Waals surface area contributed by atoms with Gasteiger partial charge in [-0.3, -0.25) is 4.68 Å². The van der Waals surface area contributed by atoms with Gasteiger partial charge in [-0.2, -0.15) is 5.10 Å². The topological polar surface area (TPSA) is 29.9 Å². The highest BCUT2D eigenvalue weighted by Gasteiger charge is 2.12. The van der Waals surface area contributed by atoms with Gasteiger partial charge in [-0.1, -0.05) is 29.8 Å². The molecule has 0 aliphatic carbocycles. The van der Waals surface area contributed by atoms with Gasteiger partial charge in [-0.25, -0.2) is 0 Å². The maximum absolute atomic E-state index is 4.59. The summed E-state index contributed by atoms with van der Waals surface area (Å²) in [5, 5.41) is 8.10. The summed E-state index contributed by atoms with van der Waals surface area (Å²) in [5.74, 6) is 0. The van der Waals surface area contributed by atoms with Gasteiger partial charge < -0.3 is 5.32 Å². The van der Waals surface area contributed by atoms with E-state index in [1.165, 1.54) is 16.8 Å². The molecule has 2 rings (SSSR count). The standard InChI is InChI=1S/C16H23N3/c1-11(2)19-14(5)16(13(4)18-19)17-10-15-8-6-12(3)7-9-15/h6-9,11,17H,10H2,1-5H3. The predicted octanol–water partition coefficient (Wildman–Crippen LogP) is 4.00. The van der Waals surface area contributed by atoms with Gasteiger partial charge in [-0.05, 0) is 40.2 Å². The van der Waals surface area contributed by atoms with Crippen molar-refractivity contribution >= 4 is 5.69 Å². The van der Waals surface area contributed by atoms with Crippen LogP contribution in [0.4, 0.5) is 5.69 Å². The van der Waals surface area contributed by atoms with Gasteiger partial charge in [0.1, 0.15) is 0 Å². The fraction of sp³-hybridized carbons (Fsp3) is 0.438. The third kappa shape index (κ3) is 2.98. The van der Waals surface area contributed by atoms with E-state index in [1.807, 2.05) is 0 Å². The molecule has 0 radical (unpaired) electrons. The Morgan fingerprint density at radius 1 is 1.11 bits per heavy atom. The molecule has 0 fully saturated rings. The van der Waals surface area contributed by atoms with Crippen LogP contribution in [0.1, 0.15) is 42.4 Å². The second kappa shape index (κ2) is 5.47. The summed E-state index contributed by atoms with van der Waals surface area (Å²) in [6, 6.07) is 9.02. The number of hydrogen-bond acceptors (Lipinski definition) is 2. The lowest BCUT2D eigenvalue weighted by molar-refractivity contribution is 0.516. The monoisotopic (exact) mass is 257 g/mol. The normalized spacial score (nSPS) is 11.1. The maximum atomic E-state index is 4.59. The molecule has 3 heteroatoms. The minimum Gasteiger partial charge on any atom is -0.378 e. The molecule has 0 unspecified atom stereocenters. The highest BCUT2D eigenvalue weighted by atomic mass is 15.3. The van der Waals surface area contributed by atoms with Crippen LogP contribution in [0.15, 0.2) is 24.3 Å². The second-order valence-corrected chi connectivity index (χ2v) is 5.42. The highest BCUT2D eigenvalue weighted by molar-refractivity contribution is 5.52. The minimum atomic E-state index is 0.397. The van der Waals surface area contributed by atoms with Gasteiger partial charge in [0.15, 0.2) is 0 Å². The van der Waals surface area contributed by atoms with Crippen molar-refractivity contribution in [3.8, 4) is 0 Å². The van der Waals surface area contributed by atoms with Crippen molar-refractivity contribution in [3.05, 3.63) is 46.8 Å². The molecule has 1 aromatic heterocycles. The third-order valence-electron chi connectivity index (χ3n) is 3.40. The molecular formula is C16H23N3. The summed E-state index contributed by atoms with van der Waals surface area (Å²) in [6.07, 6.45) is 0. The van der Waals surface area contributed by atoms with E-state index in [0.717, 1.165) is 17.9 Å². The Balaban J connectivity index is 2.13. The molecule has 19 heavy (non-hydrogen) atoms. The lowest BCUT2D eigenvalue weighted by atomic mass is 10.1. The lowest BCUT2D eigenvalue weighted by Crippen LogP contribution is -2.06. The Morgan fingerprint density at radius 2 is 1.74 bits per heavy atom. The minimum absolute atomic E-state index is 0.397. The molecule has 0 aliphatic rings. The number of aryl methyl sites for hydroxylation is 2. The van der Waals surface area contributed by atoms with Crippen LogP contribution >= 0.6 is 0 Å². The van der Waals surface area contributed by atoms with Crippen LogP contribution in [0.3, 0.4) is 0 Å². The number of nitrogens with one attached hydrogen (secondary N) is 1. The third-order valence-corrected chi connectivity index (χ3v) is 3.40. The zero-order valence-corrected chi connectivity index (χ0v) is 12.5. The highest BCUT2D eigenvalue weighted by Crippen LogP contribution is 2.23. The molecule has 0 saturated heterocycles. The first-order chi connectivity index (χ1) is 8.99. The first-order valence-electron chi connectivity index (χ1n) is 6.84. The molecular weight excluding hydrogens is 234 g/mol. The Morgan fingerprint density at radius 3 is 2.26 bits per heavy atom. The predicted molar refractivity (Wildman–Crippen MR) is 80.6 cm³/mol. The SMILES string of the molecule is Cc1ccc(CNc2c(C)nn(C(C)C)c2C)cc1. The van der Waals surface area contributed by atoms with Gasteiger partial charge in [0.25, 0.3) is 0 Å². The van der Waals surface area contributed by atoms with Crippen LogP contribution in [-0.4, -0.2) is 9.78 Å².